The highest BCUT2D eigenvalue weighted by Gasteiger charge is 2.27. The average Bonchev–Trinajstić information content (AvgIpc) is 2.70. The number of carbonyl (C=O) groups is 1. The second kappa shape index (κ2) is 10.7. The molecule has 5 nitrogen and oxygen atoms in total. The SMILES string of the molecule is CC(C)NCc1ccc(-c2ccccc2[C@@H](O)[C@@H](CF)NC(=O)C(Cl)Cl)cn1. The molecular weight excluding hydrogens is 404 g/mol. The molecule has 0 saturated heterocycles. The van der Waals surface area contributed by atoms with E-state index in [0.29, 0.717) is 23.7 Å². The van der Waals surface area contributed by atoms with Crippen molar-refractivity contribution in [1.29, 1.82) is 0 Å². The summed E-state index contributed by atoms with van der Waals surface area (Å²) in [6, 6.07) is 10.0. The first-order valence-corrected chi connectivity index (χ1v) is 9.81. The Hall–Kier alpha value is -1.73. The summed E-state index contributed by atoms with van der Waals surface area (Å²) in [5, 5.41) is 16.3. The minimum absolute atomic E-state index is 0.353. The van der Waals surface area contributed by atoms with Crippen molar-refractivity contribution in [3.8, 4) is 11.1 Å². The lowest BCUT2D eigenvalue weighted by molar-refractivity contribution is -0.121. The molecule has 0 aliphatic rings. The van der Waals surface area contributed by atoms with E-state index in [0.717, 1.165) is 11.3 Å². The average molecular weight is 428 g/mol. The number of carbonyl (C=O) groups excluding carboxylic acids is 1. The van der Waals surface area contributed by atoms with Crippen LogP contribution in [0.5, 0.6) is 0 Å². The normalized spacial score (nSPS) is 13.6. The van der Waals surface area contributed by atoms with Gasteiger partial charge < -0.3 is 15.7 Å². The molecule has 0 fully saturated rings. The summed E-state index contributed by atoms with van der Waals surface area (Å²) in [5.74, 6) is -0.758. The van der Waals surface area contributed by atoms with Crippen LogP contribution in [0.1, 0.15) is 31.2 Å². The highest BCUT2D eigenvalue weighted by molar-refractivity contribution is 6.53. The fourth-order valence-corrected chi connectivity index (χ4v) is 2.81. The minimum atomic E-state index is -1.34. The lowest BCUT2D eigenvalue weighted by Gasteiger charge is -2.24. The number of alkyl halides is 3. The van der Waals surface area contributed by atoms with Crippen LogP contribution in [0.25, 0.3) is 11.1 Å². The van der Waals surface area contributed by atoms with Crippen molar-refractivity contribution in [3.63, 3.8) is 0 Å². The molecule has 0 unspecified atom stereocenters. The number of aliphatic hydroxyl groups is 1. The monoisotopic (exact) mass is 427 g/mol. The number of rotatable bonds is 9. The number of nitrogens with zero attached hydrogens (tertiary/aromatic N) is 1. The summed E-state index contributed by atoms with van der Waals surface area (Å²) < 4.78 is 13.5. The number of halogens is 3. The first-order valence-electron chi connectivity index (χ1n) is 8.93. The molecule has 0 radical (unpaired) electrons. The zero-order valence-electron chi connectivity index (χ0n) is 15.7. The molecular formula is C20H24Cl2FN3O2. The summed E-state index contributed by atoms with van der Waals surface area (Å²) in [6.45, 7) is 3.79. The van der Waals surface area contributed by atoms with Crippen molar-refractivity contribution < 1.29 is 14.3 Å². The summed E-state index contributed by atoms with van der Waals surface area (Å²) in [7, 11) is 0. The number of benzene rings is 1. The summed E-state index contributed by atoms with van der Waals surface area (Å²) in [5.41, 5.74) is 2.84. The van der Waals surface area contributed by atoms with Crippen LogP contribution >= 0.6 is 23.2 Å². The van der Waals surface area contributed by atoms with Gasteiger partial charge >= 0.3 is 0 Å². The van der Waals surface area contributed by atoms with E-state index in [1.807, 2.05) is 24.3 Å². The fraction of sp³-hybridized carbons (Fsp3) is 0.400. The van der Waals surface area contributed by atoms with Crippen molar-refractivity contribution >= 4 is 29.1 Å². The van der Waals surface area contributed by atoms with Crippen molar-refractivity contribution in [2.75, 3.05) is 6.67 Å². The van der Waals surface area contributed by atoms with Crippen molar-refractivity contribution in [2.24, 2.45) is 0 Å². The van der Waals surface area contributed by atoms with E-state index >= 15 is 0 Å². The van der Waals surface area contributed by atoms with Crippen LogP contribution < -0.4 is 10.6 Å². The van der Waals surface area contributed by atoms with Gasteiger partial charge in [-0.1, -0.05) is 67.4 Å². The maximum atomic E-state index is 13.5. The molecule has 0 bridgehead atoms. The van der Waals surface area contributed by atoms with Gasteiger partial charge in [-0.05, 0) is 17.2 Å². The van der Waals surface area contributed by atoms with Crippen molar-refractivity contribution in [1.82, 2.24) is 15.6 Å². The molecule has 0 saturated carbocycles. The van der Waals surface area contributed by atoms with Crippen LogP contribution in [0.2, 0.25) is 0 Å². The lowest BCUT2D eigenvalue weighted by atomic mass is 9.94. The molecule has 1 aromatic carbocycles. The van der Waals surface area contributed by atoms with Crippen LogP contribution in [0.4, 0.5) is 4.39 Å². The molecule has 0 aliphatic heterocycles. The Morgan fingerprint density at radius 1 is 1.21 bits per heavy atom. The minimum Gasteiger partial charge on any atom is -0.386 e. The van der Waals surface area contributed by atoms with Gasteiger partial charge in [-0.2, -0.15) is 0 Å². The Morgan fingerprint density at radius 2 is 1.93 bits per heavy atom. The van der Waals surface area contributed by atoms with Gasteiger partial charge in [0, 0.05) is 24.3 Å². The number of pyridine rings is 1. The summed E-state index contributed by atoms with van der Waals surface area (Å²) in [4.78, 5) is 14.8. The third-order valence-corrected chi connectivity index (χ3v) is 4.58. The van der Waals surface area contributed by atoms with Gasteiger partial charge in [0.25, 0.3) is 5.91 Å². The molecule has 2 rings (SSSR count). The van der Waals surface area contributed by atoms with E-state index in [9.17, 15) is 14.3 Å². The molecule has 1 amide bonds. The number of aliphatic hydroxyl groups excluding tert-OH is 1. The predicted octanol–water partition coefficient (Wildman–Crippen LogP) is 3.54. The summed E-state index contributed by atoms with van der Waals surface area (Å²) >= 11 is 11.0. The van der Waals surface area contributed by atoms with Gasteiger partial charge in [0.05, 0.1) is 11.7 Å². The predicted molar refractivity (Wildman–Crippen MR) is 110 cm³/mol. The van der Waals surface area contributed by atoms with Gasteiger partial charge in [-0.15, -0.1) is 0 Å². The molecule has 2 atom stereocenters. The van der Waals surface area contributed by atoms with E-state index in [2.05, 4.69) is 29.5 Å². The Morgan fingerprint density at radius 3 is 2.50 bits per heavy atom. The molecule has 0 aliphatic carbocycles. The smallest absolute Gasteiger partial charge is 0.253 e. The largest absolute Gasteiger partial charge is 0.386 e. The van der Waals surface area contributed by atoms with Crippen LogP contribution in [0.15, 0.2) is 42.6 Å². The zero-order chi connectivity index (χ0) is 20.7. The van der Waals surface area contributed by atoms with Gasteiger partial charge in [0.15, 0.2) is 4.84 Å². The van der Waals surface area contributed by atoms with Crippen LogP contribution in [-0.2, 0) is 11.3 Å². The second-order valence-corrected chi connectivity index (χ2v) is 7.77. The van der Waals surface area contributed by atoms with Crippen LogP contribution in [-0.4, -0.2) is 39.6 Å². The Labute approximate surface area is 174 Å². The standard InChI is InChI=1S/C20H24Cl2FN3O2/c1-12(2)24-11-14-8-7-13(10-25-14)15-5-3-4-6-16(15)18(27)17(9-23)26-20(28)19(21)22/h3-8,10,12,17-19,24,27H,9,11H2,1-2H3,(H,26,28)/t17-,18-/m1/s1. The van der Waals surface area contributed by atoms with Crippen molar-refractivity contribution in [2.45, 2.75) is 43.4 Å². The van der Waals surface area contributed by atoms with E-state index in [4.69, 9.17) is 23.2 Å². The Kier molecular flexibility index (Phi) is 8.63. The second-order valence-electron chi connectivity index (χ2n) is 6.68. The number of aromatic nitrogens is 1. The van der Waals surface area contributed by atoms with Crippen LogP contribution in [0.3, 0.4) is 0 Å². The molecule has 28 heavy (non-hydrogen) atoms. The maximum absolute atomic E-state index is 13.5. The van der Waals surface area contributed by atoms with Crippen LogP contribution in [0, 0.1) is 0 Å². The van der Waals surface area contributed by atoms with E-state index < -0.39 is 29.6 Å². The highest BCUT2D eigenvalue weighted by Crippen LogP contribution is 2.30. The third-order valence-electron chi connectivity index (χ3n) is 4.18. The molecule has 3 N–H and O–H groups in total. The first kappa shape index (κ1) is 22.6. The van der Waals surface area contributed by atoms with Gasteiger partial charge in [0.1, 0.15) is 12.8 Å². The number of nitrogens with one attached hydrogen (secondary N) is 2. The molecule has 8 heteroatoms. The van der Waals surface area contributed by atoms with E-state index in [1.54, 1.807) is 18.3 Å². The third kappa shape index (κ3) is 6.14. The zero-order valence-corrected chi connectivity index (χ0v) is 17.2. The highest BCUT2D eigenvalue weighted by atomic mass is 35.5. The molecule has 0 spiro atoms. The summed E-state index contributed by atoms with van der Waals surface area (Å²) in [6.07, 6.45) is 0.430. The van der Waals surface area contributed by atoms with E-state index in [1.165, 1.54) is 0 Å². The number of amides is 1. The molecule has 2 aromatic rings. The fourth-order valence-electron chi connectivity index (χ4n) is 2.68. The maximum Gasteiger partial charge on any atom is 0.253 e. The van der Waals surface area contributed by atoms with Gasteiger partial charge in [0.2, 0.25) is 0 Å². The Bertz CT molecular complexity index is 772. The molecule has 152 valence electrons. The van der Waals surface area contributed by atoms with Gasteiger partial charge in [-0.3, -0.25) is 9.78 Å². The Balaban J connectivity index is 2.25. The number of hydrogen-bond acceptors (Lipinski definition) is 4. The molecule has 1 heterocycles. The van der Waals surface area contributed by atoms with E-state index in [-0.39, 0.29) is 0 Å². The first-order chi connectivity index (χ1) is 13.3. The number of hydrogen-bond donors (Lipinski definition) is 3. The molecule has 1 aromatic heterocycles. The quantitative estimate of drug-likeness (QED) is 0.535. The lowest BCUT2D eigenvalue weighted by Crippen LogP contribution is -2.43. The van der Waals surface area contributed by atoms with Crippen molar-refractivity contribution in [3.05, 3.63) is 53.9 Å². The topological polar surface area (TPSA) is 74.2 Å². The van der Waals surface area contributed by atoms with Gasteiger partial charge in [-0.25, -0.2) is 4.39 Å².